The summed E-state index contributed by atoms with van der Waals surface area (Å²) in [5.74, 6) is -0.166. The highest BCUT2D eigenvalue weighted by Gasteiger charge is 2.35. The zero-order valence-electron chi connectivity index (χ0n) is 11.2. The van der Waals surface area contributed by atoms with E-state index in [1.54, 1.807) is 0 Å². The van der Waals surface area contributed by atoms with Crippen LogP contribution in [0, 0.1) is 16.7 Å². The average Bonchev–Trinajstić information content (AvgIpc) is 1.97. The van der Waals surface area contributed by atoms with Crippen LogP contribution in [0.3, 0.4) is 0 Å². The van der Waals surface area contributed by atoms with Gasteiger partial charge in [0.25, 0.3) is 0 Å². The van der Waals surface area contributed by atoms with Crippen molar-refractivity contribution in [1.29, 1.82) is 0 Å². The van der Waals surface area contributed by atoms with Crippen LogP contribution in [-0.2, 0) is 4.79 Å². The third-order valence-electron chi connectivity index (χ3n) is 3.00. The molecule has 1 unspecified atom stereocenters. The zero-order valence-corrected chi connectivity index (χ0v) is 11.2. The van der Waals surface area contributed by atoms with Crippen LogP contribution in [0.4, 0.5) is 0 Å². The highest BCUT2D eigenvalue weighted by atomic mass is 16.1. The number of hydrogen-bond donors (Lipinski definition) is 1. The van der Waals surface area contributed by atoms with E-state index < -0.39 is 0 Å². The molecule has 0 aromatic carbocycles. The van der Waals surface area contributed by atoms with Crippen molar-refractivity contribution in [3.05, 3.63) is 0 Å². The second kappa shape index (κ2) is 5.00. The molecule has 0 aliphatic carbocycles. The Balaban J connectivity index is 4.74. The molecule has 15 heavy (non-hydrogen) atoms. The molecule has 0 rings (SSSR count). The number of carbonyl (C=O) groups is 1. The van der Waals surface area contributed by atoms with E-state index in [1.807, 2.05) is 0 Å². The van der Waals surface area contributed by atoms with Crippen LogP contribution in [0.1, 0.15) is 60.8 Å². The lowest BCUT2D eigenvalue weighted by atomic mass is 9.69. The van der Waals surface area contributed by atoms with E-state index in [9.17, 15) is 4.79 Å². The summed E-state index contributed by atoms with van der Waals surface area (Å²) in [6.07, 6.45) is 3.02. The van der Waals surface area contributed by atoms with Crippen LogP contribution >= 0.6 is 0 Å². The first-order chi connectivity index (χ1) is 6.60. The summed E-state index contributed by atoms with van der Waals surface area (Å²) in [7, 11) is 0. The second-order valence-corrected chi connectivity index (χ2v) is 6.46. The molecule has 0 saturated heterocycles. The molecule has 1 amide bonds. The maximum atomic E-state index is 11.5. The van der Waals surface area contributed by atoms with Crippen LogP contribution in [0.2, 0.25) is 0 Å². The first kappa shape index (κ1) is 14.5. The molecule has 0 bridgehead atoms. The van der Waals surface area contributed by atoms with Crippen LogP contribution in [0.25, 0.3) is 0 Å². The number of nitrogens with two attached hydrogens (primary N) is 1. The van der Waals surface area contributed by atoms with Crippen molar-refractivity contribution >= 4 is 5.91 Å². The minimum atomic E-state index is -0.150. The monoisotopic (exact) mass is 213 g/mol. The van der Waals surface area contributed by atoms with Crippen molar-refractivity contribution in [2.24, 2.45) is 22.5 Å². The summed E-state index contributed by atoms with van der Waals surface area (Å²) in [5.41, 5.74) is 5.70. The predicted octanol–water partition coefficient (Wildman–Crippen LogP) is 3.35. The normalized spacial score (nSPS) is 15.1. The summed E-state index contributed by atoms with van der Waals surface area (Å²) < 4.78 is 0. The first-order valence-corrected chi connectivity index (χ1v) is 5.89. The van der Waals surface area contributed by atoms with Gasteiger partial charge in [-0.2, -0.15) is 0 Å². The predicted molar refractivity (Wildman–Crippen MR) is 65.4 cm³/mol. The largest absolute Gasteiger partial charge is 0.369 e. The van der Waals surface area contributed by atoms with Gasteiger partial charge in [-0.05, 0) is 23.7 Å². The van der Waals surface area contributed by atoms with Gasteiger partial charge in [0.2, 0.25) is 5.91 Å². The molecule has 0 aromatic heterocycles. The molecule has 0 spiro atoms. The minimum Gasteiger partial charge on any atom is -0.369 e. The van der Waals surface area contributed by atoms with Crippen LogP contribution in [0.15, 0.2) is 0 Å². The molecule has 0 aromatic rings. The third-order valence-corrected chi connectivity index (χ3v) is 3.00. The topological polar surface area (TPSA) is 43.1 Å². The molecule has 0 heterocycles. The van der Waals surface area contributed by atoms with Crippen molar-refractivity contribution < 1.29 is 4.79 Å². The van der Waals surface area contributed by atoms with Gasteiger partial charge in [-0.15, -0.1) is 0 Å². The Morgan fingerprint density at radius 2 is 1.67 bits per heavy atom. The quantitative estimate of drug-likeness (QED) is 0.747. The highest BCUT2D eigenvalue weighted by Crippen LogP contribution is 2.39. The minimum absolute atomic E-state index is 0.0163. The summed E-state index contributed by atoms with van der Waals surface area (Å²) in [4.78, 5) is 11.5. The van der Waals surface area contributed by atoms with Gasteiger partial charge in [0.05, 0.1) is 0 Å². The molecule has 1 atom stereocenters. The second-order valence-electron chi connectivity index (χ2n) is 6.46. The van der Waals surface area contributed by atoms with E-state index in [-0.39, 0.29) is 22.7 Å². The highest BCUT2D eigenvalue weighted by molar-refractivity contribution is 5.77. The molecule has 2 nitrogen and oxygen atoms in total. The molecular weight excluding hydrogens is 186 g/mol. The zero-order chi connectivity index (χ0) is 12.3. The fraction of sp³-hybridized carbons (Fsp3) is 0.923. The summed E-state index contributed by atoms with van der Waals surface area (Å²) in [5, 5.41) is 0. The standard InChI is InChI=1S/C13H27NO/c1-7-8-13(5,6)10(11(14)15)9-12(2,3)4/h10H,7-9H2,1-6H3,(H2,14,15). The maximum Gasteiger partial charge on any atom is 0.221 e. The molecule has 90 valence electrons. The Hall–Kier alpha value is -0.530. The van der Waals surface area contributed by atoms with Gasteiger partial charge in [0, 0.05) is 5.92 Å². The number of carbonyl (C=O) groups excluding carboxylic acids is 1. The van der Waals surface area contributed by atoms with Crippen LogP contribution in [0.5, 0.6) is 0 Å². The number of primary amides is 1. The van der Waals surface area contributed by atoms with Crippen LogP contribution < -0.4 is 5.73 Å². The Morgan fingerprint density at radius 3 is 1.93 bits per heavy atom. The van der Waals surface area contributed by atoms with E-state index in [4.69, 9.17) is 5.73 Å². The van der Waals surface area contributed by atoms with E-state index in [0.29, 0.717) is 0 Å². The SMILES string of the molecule is CCCC(C)(C)C(CC(C)(C)C)C(N)=O. The summed E-state index contributed by atoms with van der Waals surface area (Å²) in [6.45, 7) is 12.9. The Bertz CT molecular complexity index is 213. The lowest BCUT2D eigenvalue weighted by Gasteiger charge is -2.36. The van der Waals surface area contributed by atoms with Crippen molar-refractivity contribution in [2.45, 2.75) is 60.8 Å². The van der Waals surface area contributed by atoms with Gasteiger partial charge >= 0.3 is 0 Å². The summed E-state index contributed by atoms with van der Waals surface area (Å²) >= 11 is 0. The van der Waals surface area contributed by atoms with Gasteiger partial charge in [0.15, 0.2) is 0 Å². The molecule has 2 heteroatoms. The molecular formula is C13H27NO. The average molecular weight is 213 g/mol. The van der Waals surface area contributed by atoms with Gasteiger partial charge in [0.1, 0.15) is 0 Å². The number of amides is 1. The fourth-order valence-corrected chi connectivity index (χ4v) is 2.19. The van der Waals surface area contributed by atoms with Crippen molar-refractivity contribution in [3.8, 4) is 0 Å². The molecule has 2 N–H and O–H groups in total. The molecule has 0 aliphatic heterocycles. The van der Waals surface area contributed by atoms with Crippen molar-refractivity contribution in [3.63, 3.8) is 0 Å². The molecule has 0 fully saturated rings. The van der Waals surface area contributed by atoms with E-state index in [0.717, 1.165) is 19.3 Å². The molecule has 0 saturated carbocycles. The maximum absolute atomic E-state index is 11.5. The smallest absolute Gasteiger partial charge is 0.221 e. The van der Waals surface area contributed by atoms with Gasteiger partial charge < -0.3 is 5.73 Å². The Labute approximate surface area is 94.6 Å². The number of hydrogen-bond acceptors (Lipinski definition) is 1. The van der Waals surface area contributed by atoms with Gasteiger partial charge in [-0.25, -0.2) is 0 Å². The third kappa shape index (κ3) is 5.19. The van der Waals surface area contributed by atoms with Crippen molar-refractivity contribution in [1.82, 2.24) is 0 Å². The van der Waals surface area contributed by atoms with E-state index in [2.05, 4.69) is 41.5 Å². The lowest BCUT2D eigenvalue weighted by Crippen LogP contribution is -2.38. The number of rotatable bonds is 5. The van der Waals surface area contributed by atoms with E-state index >= 15 is 0 Å². The first-order valence-electron chi connectivity index (χ1n) is 5.89. The Morgan fingerprint density at radius 1 is 1.20 bits per heavy atom. The van der Waals surface area contributed by atoms with Crippen molar-refractivity contribution in [2.75, 3.05) is 0 Å². The van der Waals surface area contributed by atoms with Crippen LogP contribution in [-0.4, -0.2) is 5.91 Å². The Kier molecular flexibility index (Phi) is 4.82. The lowest BCUT2D eigenvalue weighted by molar-refractivity contribution is -0.126. The van der Waals surface area contributed by atoms with Gasteiger partial charge in [-0.1, -0.05) is 48.0 Å². The molecule has 0 radical (unpaired) electrons. The fourth-order valence-electron chi connectivity index (χ4n) is 2.19. The molecule has 0 aliphatic rings. The van der Waals surface area contributed by atoms with Gasteiger partial charge in [-0.3, -0.25) is 4.79 Å². The van der Waals surface area contributed by atoms with E-state index in [1.165, 1.54) is 0 Å². The summed E-state index contributed by atoms with van der Waals surface area (Å²) in [6, 6.07) is 0.